The molecule has 9 heteroatoms. The number of carbonyl (C=O) groups is 1. The van der Waals surface area contributed by atoms with Crippen molar-refractivity contribution in [1.82, 2.24) is 25.5 Å². The van der Waals surface area contributed by atoms with Gasteiger partial charge in [-0.2, -0.15) is 0 Å². The molecule has 3 heterocycles. The Labute approximate surface area is 201 Å². The van der Waals surface area contributed by atoms with Crippen LogP contribution in [0.4, 0.5) is 10.5 Å². The number of hydrogen-bond donors (Lipinski definition) is 2. The molecule has 1 aliphatic carbocycles. The van der Waals surface area contributed by atoms with Crippen LogP contribution >= 0.6 is 0 Å². The van der Waals surface area contributed by atoms with Gasteiger partial charge in [0, 0.05) is 49.3 Å². The highest BCUT2D eigenvalue weighted by atomic mass is 16.5. The molecule has 2 aromatic rings. The fourth-order valence-electron chi connectivity index (χ4n) is 5.19. The summed E-state index contributed by atoms with van der Waals surface area (Å²) in [5, 5.41) is 6.34. The number of urea groups is 1. The van der Waals surface area contributed by atoms with E-state index >= 15 is 0 Å². The summed E-state index contributed by atoms with van der Waals surface area (Å²) in [5.74, 6) is 0.795. The number of rotatable bonds is 5. The van der Waals surface area contributed by atoms with Gasteiger partial charge in [-0.25, -0.2) is 9.78 Å². The highest BCUT2D eigenvalue weighted by molar-refractivity contribution is 5.85. The van der Waals surface area contributed by atoms with Gasteiger partial charge in [-0.3, -0.25) is 4.98 Å². The Balaban J connectivity index is 1.17. The number of ether oxygens (including phenoxy) is 2. The third kappa shape index (κ3) is 5.70. The zero-order valence-electron chi connectivity index (χ0n) is 20.0. The van der Waals surface area contributed by atoms with Crippen LogP contribution in [0.1, 0.15) is 38.5 Å². The van der Waals surface area contributed by atoms with Gasteiger partial charge in [-0.05, 0) is 64.7 Å². The Morgan fingerprint density at radius 1 is 0.941 bits per heavy atom. The summed E-state index contributed by atoms with van der Waals surface area (Å²) in [6, 6.07) is 4.64. The predicted octanol–water partition coefficient (Wildman–Crippen LogP) is 2.55. The Bertz CT molecular complexity index is 966. The number of carbonyl (C=O) groups excluding carboxylic acids is 1. The summed E-state index contributed by atoms with van der Waals surface area (Å²) in [7, 11) is 2.13. The van der Waals surface area contributed by atoms with Crippen molar-refractivity contribution in [2.24, 2.45) is 0 Å². The molecule has 1 aromatic carbocycles. The van der Waals surface area contributed by atoms with E-state index in [4.69, 9.17) is 9.47 Å². The molecule has 1 aromatic heterocycles. The molecule has 34 heavy (non-hydrogen) atoms. The van der Waals surface area contributed by atoms with E-state index in [1.165, 1.54) is 0 Å². The fourth-order valence-corrected chi connectivity index (χ4v) is 5.19. The van der Waals surface area contributed by atoms with E-state index in [0.717, 1.165) is 100 Å². The van der Waals surface area contributed by atoms with Crippen molar-refractivity contribution in [3.63, 3.8) is 0 Å². The van der Waals surface area contributed by atoms with E-state index in [9.17, 15) is 4.79 Å². The molecule has 2 N–H and O–H groups in total. The van der Waals surface area contributed by atoms with Crippen LogP contribution < -0.4 is 20.3 Å². The predicted molar refractivity (Wildman–Crippen MR) is 131 cm³/mol. The lowest BCUT2D eigenvalue weighted by molar-refractivity contribution is 0.122. The fraction of sp³-hybridized carbons (Fsp3) is 0.640. The molecule has 0 atom stereocenters. The molecular weight excluding hydrogens is 432 g/mol. The van der Waals surface area contributed by atoms with Gasteiger partial charge in [0.2, 0.25) is 0 Å². The molecular formula is C25H36N6O3. The van der Waals surface area contributed by atoms with Gasteiger partial charge in [0.05, 0.1) is 24.8 Å². The number of fused-ring (bicyclic) bond motifs is 1. The molecule has 3 aliphatic rings. The van der Waals surface area contributed by atoms with Gasteiger partial charge < -0.3 is 29.9 Å². The van der Waals surface area contributed by atoms with Crippen LogP contribution in [0, 0.1) is 0 Å². The van der Waals surface area contributed by atoms with E-state index in [2.05, 4.69) is 49.6 Å². The number of piperidine rings is 1. The molecule has 184 valence electrons. The average Bonchev–Trinajstić information content (AvgIpc) is 2.87. The molecule has 2 amide bonds. The molecule has 5 rings (SSSR count). The second-order valence-electron chi connectivity index (χ2n) is 9.75. The Kier molecular flexibility index (Phi) is 7.30. The molecule has 3 fully saturated rings. The highest BCUT2D eigenvalue weighted by Gasteiger charge is 2.26. The number of nitrogens with zero attached hydrogens (tertiary/aromatic N) is 4. The maximum Gasteiger partial charge on any atom is 0.315 e. The van der Waals surface area contributed by atoms with Crippen molar-refractivity contribution < 1.29 is 14.3 Å². The van der Waals surface area contributed by atoms with Gasteiger partial charge >= 0.3 is 6.03 Å². The number of nitrogens with one attached hydrogen (secondary N) is 2. The first-order valence-electron chi connectivity index (χ1n) is 12.6. The van der Waals surface area contributed by atoms with E-state index < -0.39 is 0 Å². The lowest BCUT2D eigenvalue weighted by atomic mass is 9.93. The number of anilines is 1. The normalized spacial score (nSPS) is 24.7. The molecule has 0 unspecified atom stereocenters. The Morgan fingerprint density at radius 3 is 2.35 bits per heavy atom. The Hall–Kier alpha value is -2.65. The third-order valence-corrected chi connectivity index (χ3v) is 7.26. The molecule has 2 aliphatic heterocycles. The largest absolute Gasteiger partial charge is 0.488 e. The number of aromatic nitrogens is 2. The van der Waals surface area contributed by atoms with Crippen molar-refractivity contribution in [1.29, 1.82) is 0 Å². The molecule has 0 bridgehead atoms. The number of hydrogen-bond acceptors (Lipinski definition) is 7. The number of likely N-dealkylation sites (tertiary alicyclic amines) is 1. The third-order valence-electron chi connectivity index (χ3n) is 7.26. The summed E-state index contributed by atoms with van der Waals surface area (Å²) in [6.45, 7) is 5.27. The SMILES string of the molecule is CN1CCC(NC(=O)NC2CCC(Oc3cc(N4CCOCC4)cc4nccnc34)CC2)CC1. The zero-order chi connectivity index (χ0) is 23.3. The van der Waals surface area contributed by atoms with E-state index in [0.29, 0.717) is 0 Å². The van der Waals surface area contributed by atoms with Gasteiger partial charge in [-0.15, -0.1) is 0 Å². The molecule has 9 nitrogen and oxygen atoms in total. The van der Waals surface area contributed by atoms with Gasteiger partial charge in [0.15, 0.2) is 0 Å². The van der Waals surface area contributed by atoms with Gasteiger partial charge in [0.25, 0.3) is 0 Å². The lowest BCUT2D eigenvalue weighted by Gasteiger charge is -2.32. The van der Waals surface area contributed by atoms with Crippen LogP contribution in [-0.2, 0) is 4.74 Å². The summed E-state index contributed by atoms with van der Waals surface area (Å²) < 4.78 is 12.0. The maximum absolute atomic E-state index is 12.5. The van der Waals surface area contributed by atoms with Gasteiger partial charge in [-0.1, -0.05) is 0 Å². The summed E-state index contributed by atoms with van der Waals surface area (Å²) in [4.78, 5) is 26.2. The van der Waals surface area contributed by atoms with Crippen molar-refractivity contribution >= 4 is 22.8 Å². The van der Waals surface area contributed by atoms with Crippen LogP contribution in [0.25, 0.3) is 11.0 Å². The first-order chi connectivity index (χ1) is 16.6. The van der Waals surface area contributed by atoms with Crippen LogP contribution in [0.5, 0.6) is 5.75 Å². The second-order valence-corrected chi connectivity index (χ2v) is 9.75. The molecule has 0 radical (unpaired) electrons. The lowest BCUT2D eigenvalue weighted by Crippen LogP contribution is -2.50. The van der Waals surface area contributed by atoms with Gasteiger partial charge in [0.1, 0.15) is 11.3 Å². The second kappa shape index (κ2) is 10.7. The summed E-state index contributed by atoms with van der Waals surface area (Å²) in [5.41, 5.74) is 2.76. The molecule has 0 spiro atoms. The molecule has 2 saturated heterocycles. The van der Waals surface area contributed by atoms with Crippen LogP contribution in [-0.4, -0.2) is 85.5 Å². The van der Waals surface area contributed by atoms with E-state index in [-0.39, 0.29) is 24.2 Å². The van der Waals surface area contributed by atoms with E-state index in [1.54, 1.807) is 12.4 Å². The maximum atomic E-state index is 12.5. The van der Waals surface area contributed by atoms with Crippen molar-refractivity contribution in [3.8, 4) is 5.75 Å². The van der Waals surface area contributed by atoms with Crippen molar-refractivity contribution in [3.05, 3.63) is 24.5 Å². The number of amides is 2. The minimum Gasteiger partial charge on any atom is -0.488 e. The summed E-state index contributed by atoms with van der Waals surface area (Å²) >= 11 is 0. The van der Waals surface area contributed by atoms with E-state index in [1.807, 2.05) is 0 Å². The minimum atomic E-state index is -0.0293. The zero-order valence-corrected chi connectivity index (χ0v) is 20.0. The number of morpholine rings is 1. The quantitative estimate of drug-likeness (QED) is 0.697. The summed E-state index contributed by atoms with van der Waals surface area (Å²) in [6.07, 6.45) is 9.23. The monoisotopic (exact) mass is 468 g/mol. The van der Waals surface area contributed by atoms with Crippen LogP contribution in [0.2, 0.25) is 0 Å². The van der Waals surface area contributed by atoms with Crippen molar-refractivity contribution in [2.75, 3.05) is 51.3 Å². The molecule has 1 saturated carbocycles. The first-order valence-corrected chi connectivity index (χ1v) is 12.6. The average molecular weight is 469 g/mol. The highest BCUT2D eigenvalue weighted by Crippen LogP contribution is 2.33. The first kappa shape index (κ1) is 23.1. The van der Waals surface area contributed by atoms with Crippen LogP contribution in [0.15, 0.2) is 24.5 Å². The standard InChI is InChI=1S/C25H36N6O3/c1-30-10-6-19(7-11-30)29-25(32)28-18-2-4-21(5-3-18)34-23-17-20(31-12-14-33-15-13-31)16-22-24(23)27-9-8-26-22/h8-9,16-19,21H,2-7,10-15H2,1H3,(H2,28,29,32). The van der Waals surface area contributed by atoms with Crippen molar-refractivity contribution in [2.45, 2.75) is 56.7 Å². The minimum absolute atomic E-state index is 0.0293. The number of benzene rings is 1. The topological polar surface area (TPSA) is 91.9 Å². The van der Waals surface area contributed by atoms with Crippen LogP contribution in [0.3, 0.4) is 0 Å². The smallest absolute Gasteiger partial charge is 0.315 e. The Morgan fingerprint density at radius 2 is 1.62 bits per heavy atom.